The van der Waals surface area contributed by atoms with E-state index in [2.05, 4.69) is 20.4 Å². The van der Waals surface area contributed by atoms with Crippen LogP contribution in [-0.4, -0.2) is 6.10 Å². The van der Waals surface area contributed by atoms with Crippen LogP contribution in [0, 0.1) is 0 Å². The first-order valence-electron chi connectivity index (χ1n) is 7.15. The smallest absolute Gasteiger partial charge is 0.119 e. The third-order valence-corrected chi connectivity index (χ3v) is 3.17. The largest absolute Gasteiger partial charge is 0.491 e. The molecule has 0 radical (unpaired) electrons. The van der Waals surface area contributed by atoms with E-state index < -0.39 is 0 Å². The van der Waals surface area contributed by atoms with E-state index in [0.717, 1.165) is 17.7 Å². The second-order valence-corrected chi connectivity index (χ2v) is 4.90. The van der Waals surface area contributed by atoms with Gasteiger partial charge in [-0.05, 0) is 37.5 Å². The van der Waals surface area contributed by atoms with Crippen molar-refractivity contribution in [2.45, 2.75) is 58.5 Å². The second kappa shape index (κ2) is 8.79. The Hall–Kier alpha value is -1.24. The SMILES string of the molecule is C=Cc1ccc(OC(C)CCCCCCC)cc1. The molecule has 1 aromatic carbocycles. The number of rotatable bonds is 9. The van der Waals surface area contributed by atoms with Crippen molar-refractivity contribution < 1.29 is 4.74 Å². The summed E-state index contributed by atoms with van der Waals surface area (Å²) in [6.45, 7) is 8.15. The second-order valence-electron chi connectivity index (χ2n) is 4.90. The first-order chi connectivity index (χ1) is 8.76. The predicted molar refractivity (Wildman–Crippen MR) is 80.0 cm³/mol. The number of benzene rings is 1. The molecule has 0 aliphatic heterocycles. The molecule has 0 bridgehead atoms. The summed E-state index contributed by atoms with van der Waals surface area (Å²) in [5, 5.41) is 0. The van der Waals surface area contributed by atoms with Crippen LogP contribution >= 0.6 is 0 Å². The molecular formula is C17H26O. The zero-order chi connectivity index (χ0) is 13.2. The molecule has 1 heteroatoms. The van der Waals surface area contributed by atoms with E-state index in [4.69, 9.17) is 4.74 Å². The van der Waals surface area contributed by atoms with Crippen LogP contribution in [0.1, 0.15) is 57.9 Å². The lowest BCUT2D eigenvalue weighted by Crippen LogP contribution is -2.11. The van der Waals surface area contributed by atoms with Gasteiger partial charge < -0.3 is 4.74 Å². The van der Waals surface area contributed by atoms with Crippen LogP contribution in [0.3, 0.4) is 0 Å². The fraction of sp³-hybridized carbons (Fsp3) is 0.529. The van der Waals surface area contributed by atoms with Gasteiger partial charge in [0.1, 0.15) is 5.75 Å². The van der Waals surface area contributed by atoms with E-state index in [1.165, 1.54) is 32.1 Å². The summed E-state index contributed by atoms with van der Waals surface area (Å²) in [6, 6.07) is 8.11. The lowest BCUT2D eigenvalue weighted by molar-refractivity contribution is 0.206. The molecule has 0 fully saturated rings. The first-order valence-corrected chi connectivity index (χ1v) is 7.15. The molecule has 0 aliphatic rings. The third kappa shape index (κ3) is 5.90. The highest BCUT2D eigenvalue weighted by molar-refractivity contribution is 5.48. The molecule has 0 aliphatic carbocycles. The van der Waals surface area contributed by atoms with Crippen molar-refractivity contribution in [3.05, 3.63) is 36.4 Å². The molecule has 1 aromatic rings. The average Bonchev–Trinajstić information content (AvgIpc) is 2.39. The predicted octanol–water partition coefficient (Wildman–Crippen LogP) is 5.46. The Balaban J connectivity index is 2.22. The quantitative estimate of drug-likeness (QED) is 0.526. The van der Waals surface area contributed by atoms with Gasteiger partial charge in [0.25, 0.3) is 0 Å². The summed E-state index contributed by atoms with van der Waals surface area (Å²) in [6.07, 6.45) is 9.93. The summed E-state index contributed by atoms with van der Waals surface area (Å²) < 4.78 is 5.89. The molecule has 1 nitrogen and oxygen atoms in total. The number of hydrogen-bond acceptors (Lipinski definition) is 1. The van der Waals surface area contributed by atoms with Gasteiger partial charge in [0.15, 0.2) is 0 Å². The van der Waals surface area contributed by atoms with Crippen molar-refractivity contribution in [2.75, 3.05) is 0 Å². The highest BCUT2D eigenvalue weighted by Crippen LogP contribution is 2.17. The monoisotopic (exact) mass is 246 g/mol. The lowest BCUT2D eigenvalue weighted by Gasteiger charge is -2.14. The summed E-state index contributed by atoms with van der Waals surface area (Å²) in [5.41, 5.74) is 1.13. The van der Waals surface area contributed by atoms with Crippen LogP contribution in [-0.2, 0) is 0 Å². The highest BCUT2D eigenvalue weighted by atomic mass is 16.5. The fourth-order valence-corrected chi connectivity index (χ4v) is 2.01. The van der Waals surface area contributed by atoms with Crippen LogP contribution in [0.2, 0.25) is 0 Å². The summed E-state index contributed by atoms with van der Waals surface area (Å²) in [5.74, 6) is 0.960. The standard InChI is InChI=1S/C17H26O/c1-4-6-7-8-9-10-15(3)18-17-13-11-16(5-2)12-14-17/h5,11-15H,2,4,6-10H2,1,3H3. The maximum absolute atomic E-state index is 5.89. The molecule has 100 valence electrons. The van der Waals surface area contributed by atoms with Gasteiger partial charge in [-0.1, -0.05) is 57.4 Å². The van der Waals surface area contributed by atoms with Gasteiger partial charge in [-0.25, -0.2) is 0 Å². The number of unbranched alkanes of at least 4 members (excludes halogenated alkanes) is 4. The Kier molecular flexibility index (Phi) is 7.24. The minimum atomic E-state index is 0.307. The molecule has 0 N–H and O–H groups in total. The van der Waals surface area contributed by atoms with Gasteiger partial charge in [0.05, 0.1) is 6.10 Å². The minimum absolute atomic E-state index is 0.307. The molecule has 1 rings (SSSR count). The van der Waals surface area contributed by atoms with Crippen LogP contribution < -0.4 is 4.74 Å². The van der Waals surface area contributed by atoms with E-state index in [1.807, 2.05) is 30.3 Å². The lowest BCUT2D eigenvalue weighted by atomic mass is 10.1. The van der Waals surface area contributed by atoms with E-state index in [-0.39, 0.29) is 0 Å². The van der Waals surface area contributed by atoms with Gasteiger partial charge in [-0.3, -0.25) is 0 Å². The highest BCUT2D eigenvalue weighted by Gasteiger charge is 2.03. The zero-order valence-corrected chi connectivity index (χ0v) is 11.8. The van der Waals surface area contributed by atoms with Crippen molar-refractivity contribution >= 4 is 6.08 Å². The van der Waals surface area contributed by atoms with Crippen molar-refractivity contribution in [1.29, 1.82) is 0 Å². The molecule has 1 atom stereocenters. The maximum atomic E-state index is 5.89. The molecule has 0 aromatic heterocycles. The van der Waals surface area contributed by atoms with Gasteiger partial charge in [-0.2, -0.15) is 0 Å². The fourth-order valence-electron chi connectivity index (χ4n) is 2.01. The number of ether oxygens (including phenoxy) is 1. The van der Waals surface area contributed by atoms with Gasteiger partial charge in [0.2, 0.25) is 0 Å². The van der Waals surface area contributed by atoms with Crippen molar-refractivity contribution in [1.82, 2.24) is 0 Å². The molecule has 0 saturated carbocycles. The zero-order valence-electron chi connectivity index (χ0n) is 11.8. The van der Waals surface area contributed by atoms with E-state index in [1.54, 1.807) is 0 Å². The molecule has 1 unspecified atom stereocenters. The Morgan fingerprint density at radius 1 is 1.11 bits per heavy atom. The summed E-state index contributed by atoms with van der Waals surface area (Å²) in [4.78, 5) is 0. The Bertz CT molecular complexity index is 326. The molecular weight excluding hydrogens is 220 g/mol. The van der Waals surface area contributed by atoms with Gasteiger partial charge in [0, 0.05) is 0 Å². The van der Waals surface area contributed by atoms with E-state index in [9.17, 15) is 0 Å². The van der Waals surface area contributed by atoms with Crippen LogP contribution in [0.25, 0.3) is 6.08 Å². The van der Waals surface area contributed by atoms with Crippen LogP contribution in [0.4, 0.5) is 0 Å². The first kappa shape index (κ1) is 14.8. The minimum Gasteiger partial charge on any atom is -0.491 e. The average molecular weight is 246 g/mol. The summed E-state index contributed by atoms with van der Waals surface area (Å²) >= 11 is 0. The Morgan fingerprint density at radius 3 is 2.39 bits per heavy atom. The maximum Gasteiger partial charge on any atom is 0.119 e. The molecule has 0 amide bonds. The van der Waals surface area contributed by atoms with Crippen molar-refractivity contribution in [3.63, 3.8) is 0 Å². The molecule has 0 spiro atoms. The van der Waals surface area contributed by atoms with Crippen molar-refractivity contribution in [3.8, 4) is 5.75 Å². The van der Waals surface area contributed by atoms with Crippen LogP contribution in [0.5, 0.6) is 5.75 Å². The number of hydrogen-bond donors (Lipinski definition) is 0. The molecule has 18 heavy (non-hydrogen) atoms. The van der Waals surface area contributed by atoms with E-state index in [0.29, 0.717) is 6.10 Å². The topological polar surface area (TPSA) is 9.23 Å². The Labute approximate surface area is 112 Å². The summed E-state index contributed by atoms with van der Waals surface area (Å²) in [7, 11) is 0. The van der Waals surface area contributed by atoms with Crippen molar-refractivity contribution in [2.24, 2.45) is 0 Å². The third-order valence-electron chi connectivity index (χ3n) is 3.17. The van der Waals surface area contributed by atoms with Gasteiger partial charge >= 0.3 is 0 Å². The molecule has 0 heterocycles. The van der Waals surface area contributed by atoms with Gasteiger partial charge in [-0.15, -0.1) is 0 Å². The Morgan fingerprint density at radius 2 is 1.78 bits per heavy atom. The molecule has 0 saturated heterocycles. The van der Waals surface area contributed by atoms with Crippen LogP contribution in [0.15, 0.2) is 30.8 Å². The normalized spacial score (nSPS) is 12.1. The van der Waals surface area contributed by atoms with E-state index >= 15 is 0 Å².